The standard InChI is InChI=1S/C17H19N3O3/c1-12-8-9-13(22-12)10-20(2)11-16-18-17(19-23-16)14-6-4-5-7-15(14)21-3/h4-9H,10-11H2,1-3H3. The second-order valence-electron chi connectivity index (χ2n) is 5.40. The molecule has 3 aromatic rings. The number of methoxy groups -OCH3 is 1. The number of rotatable bonds is 6. The van der Waals surface area contributed by atoms with E-state index in [0.717, 1.165) is 22.8 Å². The van der Waals surface area contributed by atoms with Crippen LogP contribution in [0.25, 0.3) is 11.4 Å². The highest BCUT2D eigenvalue weighted by Crippen LogP contribution is 2.27. The maximum absolute atomic E-state index is 5.57. The summed E-state index contributed by atoms with van der Waals surface area (Å²) in [5.74, 6) is 3.62. The number of ether oxygens (including phenoxy) is 1. The average molecular weight is 313 g/mol. The molecule has 0 radical (unpaired) electrons. The average Bonchev–Trinajstić information content (AvgIpc) is 3.16. The quantitative estimate of drug-likeness (QED) is 0.696. The minimum Gasteiger partial charge on any atom is -0.496 e. The van der Waals surface area contributed by atoms with Crippen LogP contribution in [0.2, 0.25) is 0 Å². The Morgan fingerprint density at radius 3 is 2.70 bits per heavy atom. The third-order valence-electron chi connectivity index (χ3n) is 3.44. The lowest BCUT2D eigenvalue weighted by Gasteiger charge is -2.11. The number of para-hydroxylation sites is 1. The van der Waals surface area contributed by atoms with E-state index in [1.165, 1.54) is 0 Å². The molecule has 0 saturated heterocycles. The van der Waals surface area contributed by atoms with Gasteiger partial charge in [-0.3, -0.25) is 4.90 Å². The smallest absolute Gasteiger partial charge is 0.241 e. The largest absolute Gasteiger partial charge is 0.496 e. The Labute approximate surface area is 134 Å². The molecule has 2 heterocycles. The normalized spacial score (nSPS) is 11.1. The molecular formula is C17H19N3O3. The van der Waals surface area contributed by atoms with Gasteiger partial charge in [0.1, 0.15) is 17.3 Å². The Hall–Kier alpha value is -2.60. The summed E-state index contributed by atoms with van der Waals surface area (Å²) in [6, 6.07) is 11.5. The molecular weight excluding hydrogens is 294 g/mol. The van der Waals surface area contributed by atoms with E-state index in [1.54, 1.807) is 7.11 Å². The molecule has 2 aromatic heterocycles. The van der Waals surface area contributed by atoms with Crippen LogP contribution >= 0.6 is 0 Å². The van der Waals surface area contributed by atoms with Gasteiger partial charge in [-0.1, -0.05) is 17.3 Å². The number of hydrogen-bond acceptors (Lipinski definition) is 6. The zero-order chi connectivity index (χ0) is 16.2. The molecule has 0 unspecified atom stereocenters. The molecule has 6 heteroatoms. The minimum absolute atomic E-state index is 0.527. The Bertz CT molecular complexity index is 779. The third-order valence-corrected chi connectivity index (χ3v) is 3.44. The topological polar surface area (TPSA) is 64.5 Å². The molecule has 0 bridgehead atoms. The second kappa shape index (κ2) is 6.66. The molecule has 0 aliphatic heterocycles. The molecule has 23 heavy (non-hydrogen) atoms. The second-order valence-corrected chi connectivity index (χ2v) is 5.40. The van der Waals surface area contributed by atoms with Crippen molar-refractivity contribution in [2.24, 2.45) is 0 Å². The van der Waals surface area contributed by atoms with Gasteiger partial charge in [0.05, 0.1) is 25.8 Å². The zero-order valence-corrected chi connectivity index (χ0v) is 13.4. The lowest BCUT2D eigenvalue weighted by Crippen LogP contribution is -2.17. The molecule has 0 aliphatic carbocycles. The van der Waals surface area contributed by atoms with Crippen molar-refractivity contribution < 1.29 is 13.7 Å². The summed E-state index contributed by atoms with van der Waals surface area (Å²) in [6.45, 7) is 3.16. The SMILES string of the molecule is COc1ccccc1-c1noc(CN(C)Cc2ccc(C)o2)n1. The number of hydrogen-bond donors (Lipinski definition) is 0. The number of aryl methyl sites for hydroxylation is 1. The summed E-state index contributed by atoms with van der Waals surface area (Å²) in [5.41, 5.74) is 0.814. The molecule has 0 saturated carbocycles. The Kier molecular flexibility index (Phi) is 4.43. The minimum atomic E-state index is 0.527. The zero-order valence-electron chi connectivity index (χ0n) is 13.4. The van der Waals surface area contributed by atoms with Crippen molar-refractivity contribution in [3.63, 3.8) is 0 Å². The maximum Gasteiger partial charge on any atom is 0.241 e. The van der Waals surface area contributed by atoms with Gasteiger partial charge in [-0.05, 0) is 38.2 Å². The van der Waals surface area contributed by atoms with Crippen LogP contribution in [-0.2, 0) is 13.1 Å². The van der Waals surface area contributed by atoms with Crippen LogP contribution in [0.3, 0.4) is 0 Å². The first-order valence-corrected chi connectivity index (χ1v) is 7.35. The Balaban J connectivity index is 1.69. The summed E-state index contributed by atoms with van der Waals surface area (Å²) in [5, 5.41) is 4.04. The highest BCUT2D eigenvalue weighted by molar-refractivity contribution is 5.63. The van der Waals surface area contributed by atoms with Crippen LogP contribution in [0.1, 0.15) is 17.4 Å². The van der Waals surface area contributed by atoms with E-state index in [1.807, 2.05) is 50.4 Å². The highest BCUT2D eigenvalue weighted by atomic mass is 16.5. The van der Waals surface area contributed by atoms with Crippen LogP contribution in [0.4, 0.5) is 0 Å². The molecule has 6 nitrogen and oxygen atoms in total. The number of furan rings is 1. The number of benzene rings is 1. The molecule has 0 fully saturated rings. The van der Waals surface area contributed by atoms with Crippen molar-refractivity contribution in [2.45, 2.75) is 20.0 Å². The molecule has 0 N–H and O–H groups in total. The predicted molar refractivity (Wildman–Crippen MR) is 84.9 cm³/mol. The molecule has 120 valence electrons. The first-order chi connectivity index (χ1) is 11.2. The van der Waals surface area contributed by atoms with Crippen LogP contribution < -0.4 is 4.74 Å². The van der Waals surface area contributed by atoms with E-state index >= 15 is 0 Å². The highest BCUT2D eigenvalue weighted by Gasteiger charge is 2.14. The lowest BCUT2D eigenvalue weighted by molar-refractivity contribution is 0.243. The third kappa shape index (κ3) is 3.60. The van der Waals surface area contributed by atoms with Gasteiger partial charge in [0.15, 0.2) is 0 Å². The molecule has 0 atom stereocenters. The molecule has 0 amide bonds. The maximum atomic E-state index is 5.57. The monoisotopic (exact) mass is 313 g/mol. The van der Waals surface area contributed by atoms with Gasteiger partial charge in [-0.2, -0.15) is 4.98 Å². The van der Waals surface area contributed by atoms with Gasteiger partial charge in [-0.15, -0.1) is 0 Å². The first kappa shape index (κ1) is 15.3. The summed E-state index contributed by atoms with van der Waals surface area (Å²) in [6.07, 6.45) is 0. The van der Waals surface area contributed by atoms with Crippen molar-refractivity contribution in [1.82, 2.24) is 15.0 Å². The van der Waals surface area contributed by atoms with Gasteiger partial charge in [0, 0.05) is 0 Å². The van der Waals surface area contributed by atoms with E-state index in [9.17, 15) is 0 Å². The Morgan fingerprint density at radius 2 is 1.96 bits per heavy atom. The van der Waals surface area contributed by atoms with Crippen molar-refractivity contribution >= 4 is 0 Å². The van der Waals surface area contributed by atoms with Crippen molar-refractivity contribution in [3.05, 3.63) is 53.8 Å². The van der Waals surface area contributed by atoms with Crippen molar-refractivity contribution in [1.29, 1.82) is 0 Å². The van der Waals surface area contributed by atoms with Gasteiger partial charge < -0.3 is 13.7 Å². The molecule has 0 spiro atoms. The molecule has 1 aromatic carbocycles. The number of aromatic nitrogens is 2. The Morgan fingerprint density at radius 1 is 1.13 bits per heavy atom. The van der Waals surface area contributed by atoms with E-state index in [0.29, 0.717) is 24.8 Å². The van der Waals surface area contributed by atoms with Crippen LogP contribution in [-0.4, -0.2) is 29.2 Å². The fraction of sp³-hybridized carbons (Fsp3) is 0.294. The number of nitrogens with zero attached hydrogens (tertiary/aromatic N) is 3. The van der Waals surface area contributed by atoms with E-state index in [-0.39, 0.29) is 0 Å². The van der Waals surface area contributed by atoms with Crippen LogP contribution in [0.5, 0.6) is 5.75 Å². The van der Waals surface area contributed by atoms with Gasteiger partial charge in [-0.25, -0.2) is 0 Å². The van der Waals surface area contributed by atoms with Gasteiger partial charge in [0.25, 0.3) is 0 Å². The fourth-order valence-electron chi connectivity index (χ4n) is 2.38. The summed E-state index contributed by atoms with van der Waals surface area (Å²) in [4.78, 5) is 6.50. The molecule has 0 aliphatic rings. The first-order valence-electron chi connectivity index (χ1n) is 7.35. The predicted octanol–water partition coefficient (Wildman–Crippen LogP) is 3.28. The summed E-state index contributed by atoms with van der Waals surface area (Å²) < 4.78 is 16.2. The summed E-state index contributed by atoms with van der Waals surface area (Å²) >= 11 is 0. The van der Waals surface area contributed by atoms with E-state index < -0.39 is 0 Å². The lowest BCUT2D eigenvalue weighted by atomic mass is 10.2. The van der Waals surface area contributed by atoms with Gasteiger partial charge >= 0.3 is 0 Å². The fourth-order valence-corrected chi connectivity index (χ4v) is 2.38. The summed E-state index contributed by atoms with van der Waals surface area (Å²) in [7, 11) is 3.60. The van der Waals surface area contributed by atoms with Gasteiger partial charge in [0.2, 0.25) is 11.7 Å². The van der Waals surface area contributed by atoms with Crippen LogP contribution in [0.15, 0.2) is 45.3 Å². The van der Waals surface area contributed by atoms with Crippen LogP contribution in [0, 0.1) is 6.92 Å². The van der Waals surface area contributed by atoms with E-state index in [4.69, 9.17) is 13.7 Å². The molecule has 3 rings (SSSR count). The van der Waals surface area contributed by atoms with Crippen molar-refractivity contribution in [3.8, 4) is 17.1 Å². The van der Waals surface area contributed by atoms with E-state index in [2.05, 4.69) is 15.0 Å². The van der Waals surface area contributed by atoms with Crippen molar-refractivity contribution in [2.75, 3.05) is 14.2 Å².